The van der Waals surface area contributed by atoms with E-state index in [2.05, 4.69) is 21.2 Å². The van der Waals surface area contributed by atoms with Crippen molar-refractivity contribution in [2.24, 2.45) is 0 Å². The van der Waals surface area contributed by atoms with Crippen molar-refractivity contribution in [2.75, 3.05) is 5.32 Å². The molecule has 100 valence electrons. The molecule has 6 heteroatoms. The standard InChI is InChI=1S/C14H7BrCl2N2O/c15-10-4-9(5-11(16)6-10)14(20)19-13-2-1-8(7-18)3-12(13)17/h1-6H,(H,19,20). The van der Waals surface area contributed by atoms with Crippen molar-refractivity contribution in [1.29, 1.82) is 5.26 Å². The number of halogens is 3. The van der Waals surface area contributed by atoms with Crippen LogP contribution in [0.1, 0.15) is 15.9 Å². The Bertz CT molecular complexity index is 705. The van der Waals surface area contributed by atoms with Gasteiger partial charge in [0.05, 0.1) is 22.3 Å². The molecule has 0 aliphatic rings. The van der Waals surface area contributed by atoms with Crippen molar-refractivity contribution in [1.82, 2.24) is 0 Å². The van der Waals surface area contributed by atoms with Crippen molar-refractivity contribution in [3.8, 4) is 6.07 Å². The topological polar surface area (TPSA) is 52.9 Å². The quantitative estimate of drug-likeness (QED) is 0.820. The van der Waals surface area contributed by atoms with Crippen LogP contribution in [0.2, 0.25) is 10.0 Å². The fraction of sp³-hybridized carbons (Fsp3) is 0. The second kappa shape index (κ2) is 6.27. The molecule has 20 heavy (non-hydrogen) atoms. The lowest BCUT2D eigenvalue weighted by Crippen LogP contribution is -2.12. The maximum Gasteiger partial charge on any atom is 0.255 e. The van der Waals surface area contributed by atoms with Crippen LogP contribution in [0.5, 0.6) is 0 Å². The molecule has 1 amide bonds. The highest BCUT2D eigenvalue weighted by Gasteiger charge is 2.10. The molecule has 0 aromatic heterocycles. The van der Waals surface area contributed by atoms with Gasteiger partial charge in [0.15, 0.2) is 0 Å². The average Bonchev–Trinajstić information content (AvgIpc) is 2.39. The second-order valence-corrected chi connectivity index (χ2v) is 5.68. The van der Waals surface area contributed by atoms with Gasteiger partial charge in [0.2, 0.25) is 0 Å². The highest BCUT2D eigenvalue weighted by atomic mass is 79.9. The number of hydrogen-bond donors (Lipinski definition) is 1. The molecule has 0 bridgehead atoms. The normalized spacial score (nSPS) is 9.90. The van der Waals surface area contributed by atoms with Gasteiger partial charge in [-0.3, -0.25) is 4.79 Å². The third kappa shape index (κ3) is 3.51. The minimum atomic E-state index is -0.334. The Hall–Kier alpha value is -1.54. The number of nitriles is 1. The summed E-state index contributed by atoms with van der Waals surface area (Å²) in [5, 5.41) is 12.2. The summed E-state index contributed by atoms with van der Waals surface area (Å²) >= 11 is 15.2. The first-order valence-corrected chi connectivity index (χ1v) is 7.01. The number of nitrogens with zero attached hydrogens (tertiary/aromatic N) is 1. The summed E-state index contributed by atoms with van der Waals surface area (Å²) in [4.78, 5) is 12.1. The maximum absolute atomic E-state index is 12.1. The van der Waals surface area contributed by atoms with E-state index in [1.165, 1.54) is 6.07 Å². The Labute approximate surface area is 134 Å². The Morgan fingerprint density at radius 2 is 1.95 bits per heavy atom. The SMILES string of the molecule is N#Cc1ccc(NC(=O)c2cc(Cl)cc(Br)c2)c(Cl)c1. The molecular weight excluding hydrogens is 363 g/mol. The monoisotopic (exact) mass is 368 g/mol. The average molecular weight is 370 g/mol. The van der Waals surface area contributed by atoms with Crippen LogP contribution >= 0.6 is 39.1 Å². The molecule has 3 nitrogen and oxygen atoms in total. The minimum Gasteiger partial charge on any atom is -0.321 e. The van der Waals surface area contributed by atoms with E-state index in [4.69, 9.17) is 28.5 Å². The van der Waals surface area contributed by atoms with Crippen molar-refractivity contribution in [2.45, 2.75) is 0 Å². The summed E-state index contributed by atoms with van der Waals surface area (Å²) < 4.78 is 0.709. The van der Waals surface area contributed by atoms with E-state index in [9.17, 15) is 4.79 Å². The lowest BCUT2D eigenvalue weighted by Gasteiger charge is -2.08. The van der Waals surface area contributed by atoms with Crippen LogP contribution < -0.4 is 5.32 Å². The van der Waals surface area contributed by atoms with Gasteiger partial charge in [-0.25, -0.2) is 0 Å². The number of amides is 1. The Kier molecular flexibility index (Phi) is 4.66. The van der Waals surface area contributed by atoms with Crippen LogP contribution in [0.3, 0.4) is 0 Å². The van der Waals surface area contributed by atoms with Gasteiger partial charge in [0.25, 0.3) is 5.91 Å². The summed E-state index contributed by atoms with van der Waals surface area (Å²) in [6, 6.07) is 11.5. The van der Waals surface area contributed by atoms with Crippen LogP contribution in [0.4, 0.5) is 5.69 Å². The van der Waals surface area contributed by atoms with Gasteiger partial charge in [-0.2, -0.15) is 5.26 Å². The maximum atomic E-state index is 12.1. The number of anilines is 1. The van der Waals surface area contributed by atoms with Crippen LogP contribution in [-0.2, 0) is 0 Å². The van der Waals surface area contributed by atoms with Crippen LogP contribution in [-0.4, -0.2) is 5.91 Å². The molecular formula is C14H7BrCl2N2O. The molecule has 0 saturated heterocycles. The van der Waals surface area contributed by atoms with Gasteiger partial charge >= 0.3 is 0 Å². The van der Waals surface area contributed by atoms with E-state index < -0.39 is 0 Å². The number of hydrogen-bond acceptors (Lipinski definition) is 2. The van der Waals surface area contributed by atoms with Crippen molar-refractivity contribution in [3.63, 3.8) is 0 Å². The van der Waals surface area contributed by atoms with Gasteiger partial charge in [-0.15, -0.1) is 0 Å². The molecule has 2 aromatic carbocycles. The predicted molar refractivity (Wildman–Crippen MR) is 83.3 cm³/mol. The van der Waals surface area contributed by atoms with Crippen LogP contribution in [0, 0.1) is 11.3 Å². The highest BCUT2D eigenvalue weighted by Crippen LogP contribution is 2.25. The molecule has 0 heterocycles. The summed E-state index contributed by atoms with van der Waals surface area (Å²) in [6.45, 7) is 0. The second-order valence-electron chi connectivity index (χ2n) is 3.92. The molecule has 1 N–H and O–H groups in total. The molecule has 0 radical (unpaired) electrons. The van der Waals surface area contributed by atoms with E-state index in [1.54, 1.807) is 30.3 Å². The third-order valence-corrected chi connectivity index (χ3v) is 3.46. The molecule has 2 rings (SSSR count). The third-order valence-electron chi connectivity index (χ3n) is 2.47. The summed E-state index contributed by atoms with van der Waals surface area (Å²) in [5.41, 5.74) is 1.27. The lowest BCUT2D eigenvalue weighted by atomic mass is 10.2. The lowest BCUT2D eigenvalue weighted by molar-refractivity contribution is 0.102. The summed E-state index contributed by atoms with van der Waals surface area (Å²) in [6.07, 6.45) is 0. The van der Waals surface area contributed by atoms with E-state index in [1.807, 2.05) is 6.07 Å². The van der Waals surface area contributed by atoms with Crippen LogP contribution in [0.15, 0.2) is 40.9 Å². The number of carbonyl (C=O) groups excluding carboxylic acids is 1. The Morgan fingerprint density at radius 3 is 2.55 bits per heavy atom. The number of rotatable bonds is 2. The van der Waals surface area contributed by atoms with Gasteiger partial charge in [0, 0.05) is 15.1 Å². The number of benzene rings is 2. The molecule has 0 unspecified atom stereocenters. The van der Waals surface area contributed by atoms with E-state index >= 15 is 0 Å². The largest absolute Gasteiger partial charge is 0.321 e. The van der Waals surface area contributed by atoms with Crippen molar-refractivity contribution in [3.05, 3.63) is 62.0 Å². The molecule has 0 spiro atoms. The van der Waals surface area contributed by atoms with Gasteiger partial charge in [-0.1, -0.05) is 39.1 Å². The Morgan fingerprint density at radius 1 is 1.20 bits per heavy atom. The minimum absolute atomic E-state index is 0.304. The fourth-order valence-electron chi connectivity index (χ4n) is 1.57. The number of carbonyl (C=O) groups is 1. The highest BCUT2D eigenvalue weighted by molar-refractivity contribution is 9.10. The van der Waals surface area contributed by atoms with Gasteiger partial charge in [-0.05, 0) is 36.4 Å². The summed E-state index contributed by atoms with van der Waals surface area (Å²) in [7, 11) is 0. The smallest absolute Gasteiger partial charge is 0.255 e. The summed E-state index contributed by atoms with van der Waals surface area (Å²) in [5.74, 6) is -0.334. The molecule has 0 fully saturated rings. The zero-order valence-corrected chi connectivity index (χ0v) is 13.1. The fourth-order valence-corrected chi connectivity index (χ4v) is 2.65. The number of nitrogens with one attached hydrogen (secondary N) is 1. The zero-order chi connectivity index (χ0) is 14.7. The van der Waals surface area contributed by atoms with Crippen LogP contribution in [0.25, 0.3) is 0 Å². The first-order valence-electron chi connectivity index (χ1n) is 5.46. The van der Waals surface area contributed by atoms with Gasteiger partial charge in [0.1, 0.15) is 0 Å². The zero-order valence-electron chi connectivity index (χ0n) is 9.95. The van der Waals surface area contributed by atoms with Crippen molar-refractivity contribution < 1.29 is 4.79 Å². The van der Waals surface area contributed by atoms with E-state index in [0.717, 1.165) is 0 Å². The Balaban J connectivity index is 2.26. The van der Waals surface area contributed by atoms with E-state index in [-0.39, 0.29) is 5.91 Å². The molecule has 0 aliphatic heterocycles. The van der Waals surface area contributed by atoms with Crippen molar-refractivity contribution >= 4 is 50.7 Å². The molecule has 0 saturated carbocycles. The molecule has 0 atom stereocenters. The first-order chi connectivity index (χ1) is 9.49. The molecule has 0 aliphatic carbocycles. The predicted octanol–water partition coefficient (Wildman–Crippen LogP) is 4.88. The van der Waals surface area contributed by atoms with E-state index in [0.29, 0.717) is 31.3 Å². The first kappa shape index (κ1) is 14.9. The van der Waals surface area contributed by atoms with Gasteiger partial charge < -0.3 is 5.32 Å². The molecule has 2 aromatic rings.